The molecule has 0 saturated heterocycles. The van der Waals surface area contributed by atoms with Crippen LogP contribution in [0.25, 0.3) is 5.00 Å². The molecule has 2 aromatic rings. The van der Waals surface area contributed by atoms with Crippen molar-refractivity contribution >= 4 is 23.1 Å². The first kappa shape index (κ1) is 5.87. The molecule has 0 atom stereocenters. The van der Waals surface area contributed by atoms with Gasteiger partial charge in [0, 0.05) is 11.5 Å². The maximum Gasteiger partial charge on any atom is 0.304 e. The van der Waals surface area contributed by atoms with Gasteiger partial charge in [-0.2, -0.15) is 0 Å². The summed E-state index contributed by atoms with van der Waals surface area (Å²) in [4.78, 5) is 3.91. The summed E-state index contributed by atoms with van der Waals surface area (Å²) in [6.07, 6.45) is 3.45. The van der Waals surface area contributed by atoms with Gasteiger partial charge in [-0.3, -0.25) is 0 Å². The molecule has 0 aliphatic carbocycles. The van der Waals surface area contributed by atoms with Crippen molar-refractivity contribution in [3.05, 3.63) is 18.0 Å². The van der Waals surface area contributed by atoms with E-state index in [0.717, 1.165) is 5.00 Å². The van der Waals surface area contributed by atoms with Gasteiger partial charge in [-0.05, 0) is 4.98 Å². The maximum atomic E-state index is 3.91. The molecule has 2 rings (SSSR count). The monoisotopic (exact) mass is 171 g/mol. The number of hydrogen-bond donors (Lipinski definition) is 0. The topological polar surface area (TPSA) is 42.5 Å². The van der Waals surface area contributed by atoms with Crippen molar-refractivity contribution in [3.63, 3.8) is 0 Å². The average Bonchev–Trinajstić information content (AvgIpc) is 2.59. The fraction of sp³-hybridized carbons (Fsp3) is 0. The van der Waals surface area contributed by atoms with Gasteiger partial charge in [-0.15, -0.1) is 9.06 Å². The van der Waals surface area contributed by atoms with Crippen LogP contribution in [0.4, 0.5) is 0 Å². The number of rotatable bonds is 1. The minimum atomic E-state index is 1.00. The second-order valence-corrected chi connectivity index (χ2v) is 3.14. The van der Waals surface area contributed by atoms with E-state index in [-0.39, 0.29) is 0 Å². The van der Waals surface area contributed by atoms with Crippen LogP contribution in [-0.4, -0.2) is 14.6 Å². The molecule has 0 aromatic carbocycles. The van der Waals surface area contributed by atoms with E-state index >= 15 is 0 Å². The van der Waals surface area contributed by atoms with E-state index in [1.807, 2.05) is 3.96 Å². The average molecular weight is 171 g/mol. The highest BCUT2D eigenvalue weighted by Gasteiger charge is 2.05. The predicted octanol–water partition coefficient (Wildman–Crippen LogP) is 0.271. The molecular weight excluding hydrogens is 168 g/mol. The molecule has 0 aliphatic rings. The van der Waals surface area contributed by atoms with Crippen LogP contribution in [0.15, 0.2) is 18.0 Å². The zero-order valence-corrected chi connectivity index (χ0v) is 6.47. The van der Waals surface area contributed by atoms with E-state index in [2.05, 4.69) is 14.6 Å². The predicted molar refractivity (Wildman–Crippen MR) is 37.1 cm³/mol. The summed E-state index contributed by atoms with van der Waals surface area (Å²) >= 11 is 2.87. The van der Waals surface area contributed by atoms with Crippen LogP contribution < -0.4 is 3.96 Å². The molecule has 0 aliphatic heterocycles. The standard InChI is InChI=1S/C4H3N4S2/c1-4(10-7-6-1)8-2-5-3-9-8/h1-3H/q+1. The first-order chi connectivity index (χ1) is 4.97. The van der Waals surface area contributed by atoms with E-state index in [4.69, 9.17) is 0 Å². The summed E-state index contributed by atoms with van der Waals surface area (Å²) < 4.78 is 5.64. The Morgan fingerprint density at radius 3 is 3.10 bits per heavy atom. The van der Waals surface area contributed by atoms with Gasteiger partial charge in [-0.25, -0.2) is 0 Å². The van der Waals surface area contributed by atoms with Crippen LogP contribution in [0, 0.1) is 0 Å². The molecule has 10 heavy (non-hydrogen) atoms. The van der Waals surface area contributed by atoms with Gasteiger partial charge >= 0.3 is 6.33 Å². The summed E-state index contributed by atoms with van der Waals surface area (Å²) in [5, 5.41) is 4.71. The fourth-order valence-electron chi connectivity index (χ4n) is 0.561. The third-order valence-corrected chi connectivity index (χ3v) is 2.47. The van der Waals surface area contributed by atoms with Gasteiger partial charge in [0.2, 0.25) is 10.5 Å². The Labute approximate surface area is 65.1 Å². The van der Waals surface area contributed by atoms with E-state index in [0.29, 0.717) is 0 Å². The SMILES string of the molecule is c1nc[n+](-c2cnns2)s1. The molecule has 2 aromatic heterocycles. The van der Waals surface area contributed by atoms with Crippen molar-refractivity contribution in [1.82, 2.24) is 14.6 Å². The highest BCUT2D eigenvalue weighted by molar-refractivity contribution is 7.08. The van der Waals surface area contributed by atoms with Crippen molar-refractivity contribution in [3.8, 4) is 5.00 Å². The van der Waals surface area contributed by atoms with Crippen LogP contribution in [-0.2, 0) is 0 Å². The molecule has 4 nitrogen and oxygen atoms in total. The Hall–Kier alpha value is -0.880. The van der Waals surface area contributed by atoms with Crippen LogP contribution in [0.1, 0.15) is 0 Å². The molecule has 0 amide bonds. The molecule has 6 heteroatoms. The Morgan fingerprint density at radius 2 is 2.50 bits per heavy atom. The second-order valence-electron chi connectivity index (χ2n) is 1.56. The lowest BCUT2D eigenvalue weighted by Gasteiger charge is -1.77. The van der Waals surface area contributed by atoms with E-state index in [1.54, 1.807) is 18.0 Å². The lowest BCUT2D eigenvalue weighted by atomic mass is 10.9. The molecular formula is C4H3N4S2+. The lowest BCUT2D eigenvalue weighted by molar-refractivity contribution is -0.518. The van der Waals surface area contributed by atoms with Gasteiger partial charge in [-0.1, -0.05) is 4.49 Å². The number of nitrogens with zero attached hydrogens (tertiary/aromatic N) is 4. The summed E-state index contributed by atoms with van der Waals surface area (Å²) in [6, 6.07) is 0. The van der Waals surface area contributed by atoms with E-state index in [1.165, 1.54) is 23.1 Å². The van der Waals surface area contributed by atoms with E-state index < -0.39 is 0 Å². The van der Waals surface area contributed by atoms with Crippen molar-refractivity contribution in [2.45, 2.75) is 0 Å². The Balaban J connectivity index is 2.48. The quantitative estimate of drug-likeness (QED) is 0.578. The summed E-state index contributed by atoms with van der Waals surface area (Å²) in [5.74, 6) is 0. The second kappa shape index (κ2) is 2.39. The van der Waals surface area contributed by atoms with Crippen LogP contribution in [0.3, 0.4) is 0 Å². The number of aromatic nitrogens is 4. The van der Waals surface area contributed by atoms with E-state index in [9.17, 15) is 0 Å². The lowest BCUT2D eigenvalue weighted by Crippen LogP contribution is -2.21. The largest absolute Gasteiger partial charge is 0.304 e. The molecule has 50 valence electrons. The molecule has 2 heterocycles. The Morgan fingerprint density at radius 1 is 1.50 bits per heavy atom. The Bertz CT molecular complexity index is 255. The van der Waals surface area contributed by atoms with Crippen LogP contribution in [0.5, 0.6) is 0 Å². The van der Waals surface area contributed by atoms with Gasteiger partial charge in [0.05, 0.1) is 11.5 Å². The smallest absolute Gasteiger partial charge is 0.142 e. The maximum absolute atomic E-state index is 3.91. The normalized spacial score (nSPS) is 10.0. The molecule has 0 unspecified atom stereocenters. The van der Waals surface area contributed by atoms with Crippen molar-refractivity contribution in [2.75, 3.05) is 0 Å². The minimum Gasteiger partial charge on any atom is -0.142 e. The summed E-state index contributed by atoms with van der Waals surface area (Å²) in [6.45, 7) is 0. The molecule has 0 radical (unpaired) electrons. The van der Waals surface area contributed by atoms with Gasteiger partial charge in [0.25, 0.3) is 0 Å². The van der Waals surface area contributed by atoms with Gasteiger partial charge < -0.3 is 0 Å². The fourth-order valence-corrected chi connectivity index (χ4v) is 1.66. The van der Waals surface area contributed by atoms with Crippen molar-refractivity contribution in [2.24, 2.45) is 0 Å². The molecule has 0 bridgehead atoms. The molecule has 0 spiro atoms. The van der Waals surface area contributed by atoms with Crippen molar-refractivity contribution < 1.29 is 3.96 Å². The third-order valence-electron chi connectivity index (χ3n) is 0.960. The minimum absolute atomic E-state index is 1.00. The Kier molecular flexibility index (Phi) is 1.40. The first-order valence-electron chi connectivity index (χ1n) is 2.55. The van der Waals surface area contributed by atoms with Gasteiger partial charge in [0.15, 0.2) is 0 Å². The zero-order valence-electron chi connectivity index (χ0n) is 4.84. The van der Waals surface area contributed by atoms with Gasteiger partial charge in [0.1, 0.15) is 6.20 Å². The number of hydrogen-bond acceptors (Lipinski definition) is 5. The molecule has 0 N–H and O–H groups in total. The first-order valence-corrected chi connectivity index (χ1v) is 4.16. The highest BCUT2D eigenvalue weighted by Crippen LogP contribution is 2.01. The molecule has 0 saturated carbocycles. The summed E-state index contributed by atoms with van der Waals surface area (Å²) in [7, 11) is 0. The zero-order chi connectivity index (χ0) is 6.81. The highest BCUT2D eigenvalue weighted by atomic mass is 32.1. The molecule has 0 fully saturated rings. The van der Waals surface area contributed by atoms with Crippen LogP contribution in [0.2, 0.25) is 0 Å². The summed E-state index contributed by atoms with van der Waals surface area (Å²) in [5.41, 5.74) is 1.76. The van der Waals surface area contributed by atoms with Crippen LogP contribution >= 0.6 is 23.1 Å². The van der Waals surface area contributed by atoms with Crippen molar-refractivity contribution in [1.29, 1.82) is 0 Å². The third kappa shape index (κ3) is 0.910.